The zero-order chi connectivity index (χ0) is 69.7. The van der Waals surface area contributed by atoms with Gasteiger partial charge in [0, 0.05) is 63.0 Å². The minimum atomic E-state index is -0.716. The number of carbonyl (C=O) groups excluding carboxylic acids is 6. The second-order valence-electron chi connectivity index (χ2n) is 33.2. The van der Waals surface area contributed by atoms with Crippen molar-refractivity contribution in [2.75, 3.05) is 34.0 Å². The monoisotopic (exact) mass is 1470 g/mol. The summed E-state index contributed by atoms with van der Waals surface area (Å²) >= 11 is 0. The summed E-state index contributed by atoms with van der Waals surface area (Å²) in [7, 11) is 2.68. The van der Waals surface area contributed by atoms with Crippen molar-refractivity contribution in [3.05, 3.63) is 54.9 Å². The Morgan fingerprint density at radius 3 is 1.18 bits per heavy atom. The normalized spacial score (nSPS) is 28.0. The van der Waals surface area contributed by atoms with Crippen molar-refractivity contribution >= 4 is 48.4 Å². The van der Waals surface area contributed by atoms with Gasteiger partial charge in [0.15, 0.2) is 0 Å². The van der Waals surface area contributed by atoms with Gasteiger partial charge < -0.3 is 57.7 Å². The molecule has 0 spiro atoms. The summed E-state index contributed by atoms with van der Waals surface area (Å²) in [5.74, 6) is 10.9. The molecule has 0 unspecified atom stereocenters. The van der Waals surface area contributed by atoms with Gasteiger partial charge in [-0.2, -0.15) is 20.3 Å². The number of carbonyl (C=O) groups is 5. The summed E-state index contributed by atoms with van der Waals surface area (Å²) < 4.78 is 32.4. The van der Waals surface area contributed by atoms with E-state index >= 15 is 0 Å². The molecule has 552 valence electrons. The molecule has 24 heteroatoms. The number of nitrogens with zero attached hydrogens (tertiary/aromatic N) is 7. The summed E-state index contributed by atoms with van der Waals surface area (Å²) in [5, 5.41) is 28.9. The molecule has 0 radical (unpaired) electrons. The van der Waals surface area contributed by atoms with Crippen molar-refractivity contribution < 1.29 is 72.9 Å². The van der Waals surface area contributed by atoms with Crippen LogP contribution in [0.2, 0.25) is 0 Å². The molecule has 0 atom stereocenters. The number of rotatable bonds is 25. The first-order valence-electron chi connectivity index (χ1n) is 36.3. The number of aromatic nitrogens is 6. The summed E-state index contributed by atoms with van der Waals surface area (Å²) in [6.07, 6.45) is 32.2. The van der Waals surface area contributed by atoms with Gasteiger partial charge in [-0.25, -0.2) is 28.4 Å². The van der Waals surface area contributed by atoms with Gasteiger partial charge in [-0.05, 0) is 245 Å². The molecule has 3 aromatic rings. The predicted molar refractivity (Wildman–Crippen MR) is 376 cm³/mol. The number of nitrogens with one attached hydrogen (secondary N) is 5. The maximum atomic E-state index is 13.4. The van der Waals surface area contributed by atoms with E-state index in [4.69, 9.17) is 23.7 Å². The number of amides is 5. The summed E-state index contributed by atoms with van der Waals surface area (Å²) in [6, 6.07) is 0.790. The van der Waals surface area contributed by atoms with Crippen LogP contribution in [0.5, 0.6) is 17.6 Å². The van der Waals surface area contributed by atoms with Crippen LogP contribution in [0.15, 0.2) is 35.7 Å². The van der Waals surface area contributed by atoms with Gasteiger partial charge in [-0.3, -0.25) is 14.4 Å². The third kappa shape index (κ3) is 20.0. The van der Waals surface area contributed by atoms with E-state index in [0.717, 1.165) is 35.5 Å². The Hall–Kier alpha value is -6.50. The maximum absolute atomic E-state index is 13.4. The fourth-order valence-electron chi connectivity index (χ4n) is 18.1. The van der Waals surface area contributed by atoms with E-state index in [1.807, 2.05) is 27.7 Å². The average Bonchev–Trinajstić information content (AvgIpc) is 1.23. The Kier molecular flexibility index (Phi) is 26.5. The Labute approximate surface area is 601 Å². The van der Waals surface area contributed by atoms with E-state index < -0.39 is 28.8 Å². The molecule has 12 bridgehead atoms. The fourth-order valence-corrected chi connectivity index (χ4v) is 18.1. The van der Waals surface area contributed by atoms with Crippen molar-refractivity contribution in [3.8, 4) is 17.6 Å². The smallest absolute Gasteiger partial charge is 0.407 e. The Morgan fingerprint density at radius 1 is 0.515 bits per heavy atom. The van der Waals surface area contributed by atoms with E-state index in [1.165, 1.54) is 111 Å². The van der Waals surface area contributed by atoms with Gasteiger partial charge in [-0.1, -0.05) is 41.5 Å². The van der Waals surface area contributed by atoms with E-state index in [0.29, 0.717) is 120 Å². The molecule has 23 nitrogen and oxygen atoms in total. The van der Waals surface area contributed by atoms with Crippen LogP contribution in [0.3, 0.4) is 0 Å². The van der Waals surface area contributed by atoms with Crippen LogP contribution in [-0.4, -0.2) is 134 Å². The third-order valence-corrected chi connectivity index (χ3v) is 22.0. The van der Waals surface area contributed by atoms with Crippen molar-refractivity contribution in [3.63, 3.8) is 0 Å². The number of hydrogen-bond donors (Lipinski definition) is 5. The van der Waals surface area contributed by atoms with Crippen molar-refractivity contribution in [2.24, 2.45) is 93.8 Å². The van der Waals surface area contributed by atoms with Gasteiger partial charge >= 0.3 is 12.2 Å². The molecule has 12 aliphatic carbocycles. The van der Waals surface area contributed by atoms with Crippen LogP contribution in [0.1, 0.15) is 217 Å². The van der Waals surface area contributed by atoms with Gasteiger partial charge in [0.25, 0.3) is 17.7 Å². The van der Waals surface area contributed by atoms with Gasteiger partial charge in [0.1, 0.15) is 16.7 Å². The van der Waals surface area contributed by atoms with Gasteiger partial charge in [-0.15, -0.1) is 0 Å². The number of hydrogen-bond acceptors (Lipinski definition) is 15. The maximum Gasteiger partial charge on any atom is 0.407 e. The number of aliphatic imine (C=N–C) groups is 1. The molecule has 99 heavy (non-hydrogen) atoms. The topological polar surface area (TPSA) is 275 Å². The second kappa shape index (κ2) is 33.5. The zero-order valence-electron chi connectivity index (χ0n) is 61.5. The molecule has 0 aromatic carbocycles. The number of methoxy groups -OCH3 is 2. The van der Waals surface area contributed by atoms with Crippen LogP contribution in [0, 0.1) is 96.2 Å². The summed E-state index contributed by atoms with van der Waals surface area (Å²) in [5.41, 5.74) is -0.466. The van der Waals surface area contributed by atoms with E-state index in [-0.39, 0.29) is 63.7 Å². The number of ether oxygens (including phenoxy) is 5. The van der Waals surface area contributed by atoms with E-state index in [1.54, 1.807) is 77.1 Å². The minimum absolute atomic E-state index is 0. The van der Waals surface area contributed by atoms with Crippen molar-refractivity contribution in [1.29, 1.82) is 0 Å². The molecule has 3 heterocycles. The van der Waals surface area contributed by atoms with Crippen LogP contribution in [0.25, 0.3) is 12.4 Å². The number of aryl methyl sites for hydroxylation is 1. The fraction of sp³-hybridized carbons (Fsp3) is 0.733. The molecule has 0 saturated heterocycles. The first-order chi connectivity index (χ1) is 46.0. The Balaban J connectivity index is 0.000000187. The Morgan fingerprint density at radius 2 is 0.838 bits per heavy atom. The molecule has 15 rings (SSSR count). The standard InChI is InChI=1S/C25H40N4O4.C25H38N4O4.C24H34N4O3.CH3.Pd/c2*1-15(2)14-33-23-20(13-26-29(23)7-6-25(3,4)28-24(31)32-5)22(30)27-21-18-9-16-8-17(11-18)12-19(21)10-16;1-15(2)13-31-23-20(12-26-28(23)6-5-24(3,4)25-14-29)22(30)27-21-18-8-16-7-17(10-18)11-19(21)9-16;;/h13,15-19,21H,6-12,14H2,1-5H3,(H,27,30)(H,28,31);6-7,13,15-19,21H,8-12,14H2,1-5H3,(H,27,30)(H,28,31);5-6,12,15-19,21H,7-11,13H2,1-4H3,(H,27,30);1H3;/q;;;-1;/b;7-6+;6-5+;;. The summed E-state index contributed by atoms with van der Waals surface area (Å²) in [4.78, 5) is 77.7. The molecule has 3 aromatic heterocycles. The SMILES string of the molecule is CC(C)COc1c(C(=O)NC2C3CC4CC(C3)CC2C4)cnn1/C=C/C(C)(C)N=C=O.COC(=O)NC(C)(C)/C=C/n1ncc(C(=O)NC2C3CC4CC(C3)CC2C4)c1OCC(C)C.COC(=O)NC(C)(C)CCn1ncc(C(=O)NC2C3CC4CC(C3)CC2C4)c1OCC(C)C.[CH3-].[Pd]. The zero-order valence-corrected chi connectivity index (χ0v) is 63.1. The van der Waals surface area contributed by atoms with E-state index in [9.17, 15) is 28.8 Å². The van der Waals surface area contributed by atoms with Crippen LogP contribution in [0.4, 0.5) is 9.59 Å². The molecule has 5 amide bonds. The predicted octanol–water partition coefficient (Wildman–Crippen LogP) is 12.6. The molecule has 12 fully saturated rings. The number of isocyanates is 1. The largest absolute Gasteiger partial charge is 0.477 e. The van der Waals surface area contributed by atoms with E-state index in [2.05, 4.69) is 88.4 Å². The van der Waals surface area contributed by atoms with Crippen molar-refractivity contribution in [1.82, 2.24) is 55.9 Å². The molecule has 12 saturated carbocycles. The molecule has 0 aliphatic heterocycles. The molecular formula is C75H115N12O11Pd-. The Bertz CT molecular complexity index is 3270. The van der Waals surface area contributed by atoms with Crippen LogP contribution in [-0.2, 0) is 41.2 Å². The minimum Gasteiger partial charge on any atom is -0.477 e. The second-order valence-corrected chi connectivity index (χ2v) is 33.2. The van der Waals surface area contributed by atoms with Gasteiger partial charge in [0.05, 0.1) is 63.7 Å². The third-order valence-electron chi connectivity index (χ3n) is 22.0. The first kappa shape index (κ1) is 78.2. The van der Waals surface area contributed by atoms with Crippen LogP contribution < -0.4 is 40.8 Å². The van der Waals surface area contributed by atoms with Crippen molar-refractivity contribution in [2.45, 2.75) is 227 Å². The molecular weight excluding hydrogens is 1350 g/mol. The summed E-state index contributed by atoms with van der Waals surface area (Å²) in [6.45, 7) is 25.5. The molecule has 5 N–H and O–H groups in total. The van der Waals surface area contributed by atoms with Gasteiger partial charge in [0.2, 0.25) is 23.7 Å². The molecule has 12 aliphatic rings. The number of alkyl carbamates (subject to hydrolysis) is 2. The average molecular weight is 1470 g/mol. The first-order valence-corrected chi connectivity index (χ1v) is 36.3. The van der Waals surface area contributed by atoms with Crippen LogP contribution >= 0.6 is 0 Å². The quantitative estimate of drug-likeness (QED) is 0.0228.